The van der Waals surface area contributed by atoms with E-state index in [4.69, 9.17) is 9.47 Å². The van der Waals surface area contributed by atoms with Gasteiger partial charge in [-0.15, -0.1) is 0 Å². The first-order chi connectivity index (χ1) is 11.9. The van der Waals surface area contributed by atoms with Crippen molar-refractivity contribution in [3.63, 3.8) is 0 Å². The van der Waals surface area contributed by atoms with Crippen LogP contribution in [0.3, 0.4) is 0 Å². The number of methoxy groups -OCH3 is 1. The van der Waals surface area contributed by atoms with Crippen molar-refractivity contribution in [2.45, 2.75) is 26.7 Å². The van der Waals surface area contributed by atoms with Gasteiger partial charge < -0.3 is 19.3 Å². The Hall–Kier alpha value is -2.31. The smallest absolute Gasteiger partial charge is 0.409 e. The van der Waals surface area contributed by atoms with Crippen molar-refractivity contribution >= 4 is 17.7 Å². The molecule has 2 rings (SSSR count). The summed E-state index contributed by atoms with van der Waals surface area (Å²) < 4.78 is 10.3. The van der Waals surface area contributed by atoms with Crippen molar-refractivity contribution in [2.24, 2.45) is 11.8 Å². The van der Waals surface area contributed by atoms with E-state index in [1.807, 2.05) is 19.9 Å². The van der Waals surface area contributed by atoms with Gasteiger partial charge in [-0.25, -0.2) is 9.78 Å². The molecule has 7 heteroatoms. The normalized spacial score (nSPS) is 15.2. The van der Waals surface area contributed by atoms with E-state index in [0.29, 0.717) is 44.3 Å². The maximum Gasteiger partial charge on any atom is 0.409 e. The molecule has 1 aromatic rings. The molecule has 2 heterocycles. The van der Waals surface area contributed by atoms with Gasteiger partial charge in [-0.3, -0.25) is 4.79 Å². The van der Waals surface area contributed by atoms with Gasteiger partial charge in [0.05, 0.1) is 25.6 Å². The first kappa shape index (κ1) is 19.0. The number of nitrogens with zero attached hydrogens (tertiary/aromatic N) is 3. The van der Waals surface area contributed by atoms with Gasteiger partial charge in [0.15, 0.2) is 0 Å². The van der Waals surface area contributed by atoms with Crippen LogP contribution in [0.4, 0.5) is 10.5 Å². The van der Waals surface area contributed by atoms with Gasteiger partial charge in [0.2, 0.25) is 11.8 Å². The van der Waals surface area contributed by atoms with Gasteiger partial charge in [-0.1, -0.05) is 13.8 Å². The van der Waals surface area contributed by atoms with Crippen molar-refractivity contribution in [3.05, 3.63) is 18.3 Å². The van der Waals surface area contributed by atoms with E-state index in [0.717, 1.165) is 5.69 Å². The molecule has 1 saturated heterocycles. The third-order valence-electron chi connectivity index (χ3n) is 4.29. The SMILES string of the molecule is COc1ccc(N(C)C(=O)C2CCN(C(=O)OCC(C)C)CC2)cn1. The molecule has 138 valence electrons. The number of hydrogen-bond acceptors (Lipinski definition) is 5. The molecule has 1 aliphatic rings. The van der Waals surface area contributed by atoms with Gasteiger partial charge in [0.25, 0.3) is 0 Å². The minimum atomic E-state index is -0.285. The molecule has 0 atom stereocenters. The predicted molar refractivity (Wildman–Crippen MR) is 94.7 cm³/mol. The van der Waals surface area contributed by atoms with Crippen molar-refractivity contribution in [2.75, 3.05) is 38.8 Å². The molecule has 7 nitrogen and oxygen atoms in total. The number of ether oxygens (including phenoxy) is 2. The lowest BCUT2D eigenvalue weighted by molar-refractivity contribution is -0.123. The Kier molecular flexibility index (Phi) is 6.61. The summed E-state index contributed by atoms with van der Waals surface area (Å²) in [5, 5.41) is 0. The zero-order chi connectivity index (χ0) is 18.4. The van der Waals surface area contributed by atoms with Gasteiger partial charge >= 0.3 is 6.09 Å². The van der Waals surface area contributed by atoms with Crippen molar-refractivity contribution in [1.29, 1.82) is 0 Å². The summed E-state index contributed by atoms with van der Waals surface area (Å²) in [6.07, 6.45) is 2.62. The van der Waals surface area contributed by atoms with Gasteiger partial charge in [-0.2, -0.15) is 0 Å². The summed E-state index contributed by atoms with van der Waals surface area (Å²) in [6.45, 7) is 5.51. The number of pyridine rings is 1. The maximum absolute atomic E-state index is 12.7. The Morgan fingerprint density at radius 1 is 1.32 bits per heavy atom. The Bertz CT molecular complexity index is 580. The second-order valence-corrected chi connectivity index (χ2v) is 6.69. The molecule has 1 fully saturated rings. The summed E-state index contributed by atoms with van der Waals surface area (Å²) in [5.41, 5.74) is 0.726. The number of carbonyl (C=O) groups is 2. The zero-order valence-electron chi connectivity index (χ0n) is 15.4. The van der Waals surface area contributed by atoms with Crippen LogP contribution < -0.4 is 9.64 Å². The molecule has 0 saturated carbocycles. The summed E-state index contributed by atoms with van der Waals surface area (Å²) in [4.78, 5) is 32.1. The van der Waals surface area contributed by atoms with E-state index >= 15 is 0 Å². The predicted octanol–water partition coefficient (Wildman–Crippen LogP) is 2.56. The second-order valence-electron chi connectivity index (χ2n) is 6.69. The average molecular weight is 349 g/mol. The van der Waals surface area contributed by atoms with Crippen molar-refractivity contribution in [3.8, 4) is 5.88 Å². The van der Waals surface area contributed by atoms with Crippen LogP contribution in [0.5, 0.6) is 5.88 Å². The Morgan fingerprint density at radius 2 is 2.00 bits per heavy atom. The fraction of sp³-hybridized carbons (Fsp3) is 0.611. The molecule has 2 amide bonds. The molecule has 0 unspecified atom stereocenters. The number of likely N-dealkylation sites (tertiary alicyclic amines) is 1. The third-order valence-corrected chi connectivity index (χ3v) is 4.29. The topological polar surface area (TPSA) is 72.0 Å². The number of rotatable bonds is 5. The summed E-state index contributed by atoms with van der Waals surface area (Å²) >= 11 is 0. The lowest BCUT2D eigenvalue weighted by Crippen LogP contribution is -2.44. The molecular weight excluding hydrogens is 322 g/mol. The highest BCUT2D eigenvalue weighted by atomic mass is 16.6. The van der Waals surface area contributed by atoms with Gasteiger partial charge in [-0.05, 0) is 24.8 Å². The van der Waals surface area contributed by atoms with Crippen molar-refractivity contribution in [1.82, 2.24) is 9.88 Å². The van der Waals surface area contributed by atoms with E-state index in [9.17, 15) is 9.59 Å². The van der Waals surface area contributed by atoms with E-state index in [2.05, 4.69) is 4.98 Å². The van der Waals surface area contributed by atoms with Gasteiger partial charge in [0, 0.05) is 32.1 Å². The Labute approximate surface area is 148 Å². The Balaban J connectivity index is 1.86. The molecule has 0 aromatic carbocycles. The number of aromatic nitrogens is 1. The maximum atomic E-state index is 12.7. The molecule has 0 spiro atoms. The quantitative estimate of drug-likeness (QED) is 0.817. The monoisotopic (exact) mass is 349 g/mol. The number of anilines is 1. The molecule has 0 radical (unpaired) electrons. The molecular formula is C18H27N3O4. The lowest BCUT2D eigenvalue weighted by atomic mass is 9.95. The highest BCUT2D eigenvalue weighted by Crippen LogP contribution is 2.23. The summed E-state index contributed by atoms with van der Waals surface area (Å²) in [6, 6.07) is 3.54. The standard InChI is InChI=1S/C18H27N3O4/c1-13(2)12-25-18(23)21-9-7-14(8-10-21)17(22)20(3)15-5-6-16(24-4)19-11-15/h5-6,11,13-14H,7-10,12H2,1-4H3. The molecule has 1 aliphatic heterocycles. The molecule has 25 heavy (non-hydrogen) atoms. The number of piperidine rings is 1. The van der Waals surface area contributed by atoms with E-state index in [1.165, 1.54) is 0 Å². The average Bonchev–Trinajstić information content (AvgIpc) is 2.65. The van der Waals surface area contributed by atoms with Crippen LogP contribution in [0.2, 0.25) is 0 Å². The highest BCUT2D eigenvalue weighted by molar-refractivity contribution is 5.94. The fourth-order valence-electron chi connectivity index (χ4n) is 2.73. The van der Waals surface area contributed by atoms with Crippen LogP contribution >= 0.6 is 0 Å². The van der Waals surface area contributed by atoms with Crippen LogP contribution in [0.25, 0.3) is 0 Å². The summed E-state index contributed by atoms with van der Waals surface area (Å²) in [7, 11) is 3.30. The number of carbonyl (C=O) groups excluding carboxylic acids is 2. The third kappa shape index (κ3) is 5.08. The molecule has 0 N–H and O–H groups in total. The van der Waals surface area contributed by atoms with Crippen LogP contribution in [-0.4, -0.2) is 55.7 Å². The van der Waals surface area contributed by atoms with Crippen LogP contribution in [0.15, 0.2) is 18.3 Å². The Morgan fingerprint density at radius 3 is 2.52 bits per heavy atom. The first-order valence-electron chi connectivity index (χ1n) is 8.61. The van der Waals surface area contributed by atoms with E-state index in [-0.39, 0.29) is 17.9 Å². The second kappa shape index (κ2) is 8.69. The zero-order valence-corrected chi connectivity index (χ0v) is 15.4. The summed E-state index contributed by atoms with van der Waals surface area (Å²) in [5.74, 6) is 0.774. The van der Waals surface area contributed by atoms with Crippen LogP contribution in [0.1, 0.15) is 26.7 Å². The largest absolute Gasteiger partial charge is 0.481 e. The fourth-order valence-corrected chi connectivity index (χ4v) is 2.73. The molecule has 0 aliphatic carbocycles. The van der Waals surface area contributed by atoms with Crippen LogP contribution in [0, 0.1) is 11.8 Å². The van der Waals surface area contributed by atoms with Crippen molar-refractivity contribution < 1.29 is 19.1 Å². The highest BCUT2D eigenvalue weighted by Gasteiger charge is 2.30. The molecule has 0 bridgehead atoms. The van der Waals surface area contributed by atoms with E-state index < -0.39 is 0 Å². The first-order valence-corrected chi connectivity index (χ1v) is 8.61. The lowest BCUT2D eigenvalue weighted by Gasteiger charge is -2.32. The number of hydrogen-bond donors (Lipinski definition) is 0. The minimum absolute atomic E-state index is 0.0437. The minimum Gasteiger partial charge on any atom is -0.481 e. The van der Waals surface area contributed by atoms with E-state index in [1.54, 1.807) is 36.2 Å². The molecule has 1 aromatic heterocycles. The van der Waals surface area contributed by atoms with Gasteiger partial charge in [0.1, 0.15) is 0 Å². The van der Waals surface area contributed by atoms with Crippen LogP contribution in [-0.2, 0) is 9.53 Å². The number of amides is 2.